The molecule has 2 heterocycles. The third kappa shape index (κ3) is 3.46. The molecule has 2 aliphatic heterocycles. The van der Waals surface area contributed by atoms with Gasteiger partial charge in [0.15, 0.2) is 0 Å². The molecule has 17 heavy (non-hydrogen) atoms. The number of nitrogens with zero attached hydrogens (tertiary/aromatic N) is 1. The van der Waals surface area contributed by atoms with Crippen molar-refractivity contribution in [3.05, 3.63) is 0 Å². The van der Waals surface area contributed by atoms with E-state index >= 15 is 0 Å². The van der Waals surface area contributed by atoms with E-state index in [1.807, 2.05) is 0 Å². The molecule has 2 aliphatic rings. The van der Waals surface area contributed by atoms with Gasteiger partial charge in [-0.25, -0.2) is 0 Å². The molecule has 3 nitrogen and oxygen atoms in total. The first-order chi connectivity index (χ1) is 8.09. The molecule has 0 aromatic carbocycles. The summed E-state index contributed by atoms with van der Waals surface area (Å²) in [7, 11) is 0. The van der Waals surface area contributed by atoms with Crippen LogP contribution in [-0.4, -0.2) is 38.5 Å². The van der Waals surface area contributed by atoms with Crippen molar-refractivity contribution in [3.63, 3.8) is 0 Å². The number of rotatable bonds is 2. The summed E-state index contributed by atoms with van der Waals surface area (Å²) in [5.41, 5.74) is 0. The van der Waals surface area contributed by atoms with E-state index in [0.717, 1.165) is 39.0 Å². The number of alkyl halides is 2. The molecular weight excluding hydrogens is 444 g/mol. The van der Waals surface area contributed by atoms with Gasteiger partial charge in [0.05, 0.1) is 7.97 Å². The summed E-state index contributed by atoms with van der Waals surface area (Å²) < 4.78 is 5.90. The average Bonchev–Trinajstić information content (AvgIpc) is 2.68. The van der Waals surface area contributed by atoms with E-state index in [0.29, 0.717) is 21.8 Å². The summed E-state index contributed by atoms with van der Waals surface area (Å²) in [4.78, 5) is 14.6. The van der Waals surface area contributed by atoms with E-state index in [1.165, 1.54) is 0 Å². The standard InChI is InChI=1S/C12H19I2NO2/c1-8-6-10(13)15(7-8)12(16)11(14)9-2-4-17-5-3-9/h8-11H,2-7H2,1H3/t8?,10-,11?/m0/s1. The molecule has 5 heteroatoms. The Kier molecular flexibility index (Phi) is 5.35. The first-order valence-electron chi connectivity index (χ1n) is 6.26. The number of hydrogen-bond donors (Lipinski definition) is 0. The van der Waals surface area contributed by atoms with Crippen molar-refractivity contribution < 1.29 is 9.53 Å². The van der Waals surface area contributed by atoms with Crippen molar-refractivity contribution in [2.24, 2.45) is 11.8 Å². The highest BCUT2D eigenvalue weighted by atomic mass is 127. The molecule has 0 bridgehead atoms. The minimum atomic E-state index is 0.138. The normalized spacial score (nSPS) is 32.8. The fraction of sp³-hybridized carbons (Fsp3) is 0.917. The minimum Gasteiger partial charge on any atom is -0.381 e. The first kappa shape index (κ1) is 14.3. The molecule has 2 fully saturated rings. The topological polar surface area (TPSA) is 29.5 Å². The fourth-order valence-corrected chi connectivity index (χ4v) is 5.03. The Morgan fingerprint density at radius 2 is 2.06 bits per heavy atom. The number of hydrogen-bond acceptors (Lipinski definition) is 2. The number of carbonyl (C=O) groups is 1. The maximum atomic E-state index is 12.5. The van der Waals surface area contributed by atoms with Gasteiger partial charge < -0.3 is 9.64 Å². The lowest BCUT2D eigenvalue weighted by molar-refractivity contribution is -0.131. The van der Waals surface area contributed by atoms with Crippen LogP contribution in [0.4, 0.5) is 0 Å². The van der Waals surface area contributed by atoms with E-state index < -0.39 is 0 Å². The lowest BCUT2D eigenvalue weighted by atomic mass is 9.96. The van der Waals surface area contributed by atoms with Gasteiger partial charge in [0, 0.05) is 19.8 Å². The van der Waals surface area contributed by atoms with Crippen LogP contribution in [0, 0.1) is 11.8 Å². The van der Waals surface area contributed by atoms with Gasteiger partial charge in [0.2, 0.25) is 5.91 Å². The quantitative estimate of drug-likeness (QED) is 0.359. The Morgan fingerprint density at radius 3 is 2.59 bits per heavy atom. The molecule has 0 aromatic heterocycles. The highest BCUT2D eigenvalue weighted by molar-refractivity contribution is 14.1. The SMILES string of the molecule is CC1C[C@@H](I)N(C(=O)C(I)C2CCOCC2)C1. The number of ether oxygens (including phenoxy) is 1. The fourth-order valence-electron chi connectivity index (χ4n) is 2.58. The summed E-state index contributed by atoms with van der Waals surface area (Å²) >= 11 is 4.75. The molecule has 1 amide bonds. The third-order valence-corrected chi connectivity index (χ3v) is 6.37. The minimum absolute atomic E-state index is 0.138. The molecule has 0 saturated carbocycles. The second kappa shape index (κ2) is 6.36. The number of likely N-dealkylation sites (tertiary alicyclic amines) is 1. The predicted octanol–water partition coefficient (Wildman–Crippen LogP) is 2.85. The average molecular weight is 463 g/mol. The van der Waals surface area contributed by atoms with Crippen molar-refractivity contribution in [2.45, 2.75) is 34.2 Å². The van der Waals surface area contributed by atoms with Crippen molar-refractivity contribution in [3.8, 4) is 0 Å². The molecule has 0 aromatic rings. The van der Waals surface area contributed by atoms with Crippen molar-refractivity contribution in [2.75, 3.05) is 19.8 Å². The molecule has 98 valence electrons. The summed E-state index contributed by atoms with van der Waals surface area (Å²) in [5, 5.41) is 0. The molecular formula is C12H19I2NO2. The van der Waals surface area contributed by atoms with Gasteiger partial charge in [-0.3, -0.25) is 4.79 Å². The molecule has 2 rings (SSSR count). The maximum Gasteiger partial charge on any atom is 0.236 e. The number of amides is 1. The van der Waals surface area contributed by atoms with Gasteiger partial charge in [-0.15, -0.1) is 0 Å². The van der Waals surface area contributed by atoms with Crippen LogP contribution in [0.1, 0.15) is 26.2 Å². The van der Waals surface area contributed by atoms with Crippen LogP contribution in [0.25, 0.3) is 0 Å². The molecule has 3 atom stereocenters. The summed E-state index contributed by atoms with van der Waals surface area (Å²) in [5.74, 6) is 1.51. The van der Waals surface area contributed by atoms with Crippen LogP contribution < -0.4 is 0 Å². The molecule has 0 aliphatic carbocycles. The Bertz CT molecular complexity index is 282. The lowest BCUT2D eigenvalue weighted by Crippen LogP contribution is -2.42. The highest BCUT2D eigenvalue weighted by Gasteiger charge is 2.37. The zero-order valence-electron chi connectivity index (χ0n) is 10.1. The Morgan fingerprint density at radius 1 is 1.41 bits per heavy atom. The largest absolute Gasteiger partial charge is 0.381 e. The van der Waals surface area contributed by atoms with Crippen molar-refractivity contribution >= 4 is 51.1 Å². The molecule has 2 unspecified atom stereocenters. The van der Waals surface area contributed by atoms with Gasteiger partial charge in [-0.1, -0.05) is 52.1 Å². The zero-order chi connectivity index (χ0) is 12.4. The second-order valence-corrected chi connectivity index (χ2v) is 7.90. The molecule has 0 radical (unpaired) electrons. The molecule has 0 spiro atoms. The van der Waals surface area contributed by atoms with E-state index in [-0.39, 0.29) is 3.92 Å². The van der Waals surface area contributed by atoms with E-state index in [1.54, 1.807) is 0 Å². The number of carbonyl (C=O) groups excluding carboxylic acids is 1. The summed E-state index contributed by atoms with van der Waals surface area (Å²) in [6.45, 7) is 4.81. The van der Waals surface area contributed by atoms with Crippen LogP contribution in [0.3, 0.4) is 0 Å². The van der Waals surface area contributed by atoms with E-state index in [4.69, 9.17) is 4.74 Å². The van der Waals surface area contributed by atoms with Gasteiger partial charge in [0.1, 0.15) is 0 Å². The third-order valence-electron chi connectivity index (χ3n) is 3.64. The Hall–Kier alpha value is 0.890. The summed E-state index contributed by atoms with van der Waals surface area (Å²) in [6, 6.07) is 0. The maximum absolute atomic E-state index is 12.5. The Balaban J connectivity index is 1.94. The van der Waals surface area contributed by atoms with Crippen LogP contribution in [0.5, 0.6) is 0 Å². The monoisotopic (exact) mass is 463 g/mol. The zero-order valence-corrected chi connectivity index (χ0v) is 14.4. The first-order valence-corrected chi connectivity index (χ1v) is 8.75. The van der Waals surface area contributed by atoms with Gasteiger partial charge in [0.25, 0.3) is 0 Å². The van der Waals surface area contributed by atoms with E-state index in [2.05, 4.69) is 57.0 Å². The predicted molar refractivity (Wildman–Crippen MR) is 84.7 cm³/mol. The van der Waals surface area contributed by atoms with Crippen molar-refractivity contribution in [1.82, 2.24) is 4.90 Å². The molecule has 0 N–H and O–H groups in total. The highest BCUT2D eigenvalue weighted by Crippen LogP contribution is 2.32. The van der Waals surface area contributed by atoms with Crippen LogP contribution in [-0.2, 0) is 9.53 Å². The van der Waals surface area contributed by atoms with Gasteiger partial charge in [-0.2, -0.15) is 0 Å². The smallest absolute Gasteiger partial charge is 0.236 e. The van der Waals surface area contributed by atoms with Crippen LogP contribution in [0.15, 0.2) is 0 Å². The van der Waals surface area contributed by atoms with Gasteiger partial charge in [-0.05, 0) is 31.1 Å². The second-order valence-electron chi connectivity index (χ2n) is 5.12. The van der Waals surface area contributed by atoms with Crippen LogP contribution >= 0.6 is 45.2 Å². The molecule has 2 saturated heterocycles. The van der Waals surface area contributed by atoms with Crippen molar-refractivity contribution in [1.29, 1.82) is 0 Å². The lowest BCUT2D eigenvalue weighted by Gasteiger charge is -2.30. The van der Waals surface area contributed by atoms with Crippen LogP contribution in [0.2, 0.25) is 0 Å². The Labute approximate surface area is 130 Å². The summed E-state index contributed by atoms with van der Waals surface area (Å²) in [6.07, 6.45) is 3.22. The van der Waals surface area contributed by atoms with Gasteiger partial charge >= 0.3 is 0 Å². The van der Waals surface area contributed by atoms with E-state index in [9.17, 15) is 4.79 Å². The number of halogens is 2.